The second-order valence-electron chi connectivity index (χ2n) is 3.73. The van der Waals surface area contributed by atoms with Gasteiger partial charge in [-0.2, -0.15) is 0 Å². The molecule has 0 atom stereocenters. The standard InChI is InChI=1S/C11H22Br2/c1-3-5-6-7-8-9-10-11(12,13)4-2/h3-10H2,1-2H3. The largest absolute Gasteiger partial charge is 0.0803 e. The van der Waals surface area contributed by atoms with Crippen molar-refractivity contribution in [2.75, 3.05) is 0 Å². The minimum absolute atomic E-state index is 0.213. The van der Waals surface area contributed by atoms with E-state index in [1.807, 2.05) is 0 Å². The first kappa shape index (κ1) is 14.0. The van der Waals surface area contributed by atoms with E-state index in [0.29, 0.717) is 0 Å². The molecule has 0 saturated heterocycles. The molecule has 0 heterocycles. The lowest BCUT2D eigenvalue weighted by Gasteiger charge is -2.17. The number of alkyl halides is 2. The molecule has 0 radical (unpaired) electrons. The van der Waals surface area contributed by atoms with Gasteiger partial charge in [-0.25, -0.2) is 0 Å². The summed E-state index contributed by atoms with van der Waals surface area (Å²) < 4.78 is 0.213. The Morgan fingerprint density at radius 2 is 1.38 bits per heavy atom. The smallest absolute Gasteiger partial charge is 0.0727 e. The maximum Gasteiger partial charge on any atom is 0.0803 e. The lowest BCUT2D eigenvalue weighted by molar-refractivity contribution is 0.571. The number of halogens is 2. The Hall–Kier alpha value is 0.960. The lowest BCUT2D eigenvalue weighted by Crippen LogP contribution is -2.08. The summed E-state index contributed by atoms with van der Waals surface area (Å²) in [6.45, 7) is 4.47. The highest BCUT2D eigenvalue weighted by Crippen LogP contribution is 2.35. The Balaban J connectivity index is 3.16. The fourth-order valence-electron chi connectivity index (χ4n) is 1.34. The monoisotopic (exact) mass is 312 g/mol. The van der Waals surface area contributed by atoms with E-state index in [1.54, 1.807) is 0 Å². The van der Waals surface area contributed by atoms with Crippen LogP contribution in [0.15, 0.2) is 0 Å². The molecule has 0 aromatic heterocycles. The molecule has 0 amide bonds. The molecule has 0 aliphatic carbocycles. The van der Waals surface area contributed by atoms with Gasteiger partial charge >= 0.3 is 0 Å². The van der Waals surface area contributed by atoms with Gasteiger partial charge in [-0.05, 0) is 12.8 Å². The van der Waals surface area contributed by atoms with Crippen LogP contribution in [0, 0.1) is 0 Å². The zero-order valence-electron chi connectivity index (χ0n) is 8.91. The molecular weight excluding hydrogens is 292 g/mol. The van der Waals surface area contributed by atoms with Crippen LogP contribution in [0.2, 0.25) is 0 Å². The number of rotatable bonds is 8. The summed E-state index contributed by atoms with van der Waals surface area (Å²) in [5.74, 6) is 0. The zero-order valence-corrected chi connectivity index (χ0v) is 12.1. The van der Waals surface area contributed by atoms with E-state index in [-0.39, 0.29) is 3.23 Å². The molecule has 13 heavy (non-hydrogen) atoms. The molecule has 0 rings (SSSR count). The Morgan fingerprint density at radius 3 is 1.92 bits per heavy atom. The Kier molecular flexibility index (Phi) is 8.90. The topological polar surface area (TPSA) is 0 Å². The summed E-state index contributed by atoms with van der Waals surface area (Å²) >= 11 is 7.36. The van der Waals surface area contributed by atoms with Crippen LogP contribution in [0.25, 0.3) is 0 Å². The van der Waals surface area contributed by atoms with E-state index in [2.05, 4.69) is 45.7 Å². The molecule has 0 aromatic carbocycles. The minimum atomic E-state index is 0.213. The van der Waals surface area contributed by atoms with Crippen molar-refractivity contribution in [2.45, 2.75) is 68.4 Å². The first-order chi connectivity index (χ1) is 6.12. The third kappa shape index (κ3) is 9.27. The molecular formula is C11H22Br2. The van der Waals surface area contributed by atoms with Crippen molar-refractivity contribution in [3.05, 3.63) is 0 Å². The molecule has 0 bridgehead atoms. The average molecular weight is 314 g/mol. The van der Waals surface area contributed by atoms with E-state index >= 15 is 0 Å². The van der Waals surface area contributed by atoms with Gasteiger partial charge in [0, 0.05) is 0 Å². The van der Waals surface area contributed by atoms with Crippen LogP contribution in [0.3, 0.4) is 0 Å². The van der Waals surface area contributed by atoms with Gasteiger partial charge in [-0.15, -0.1) is 0 Å². The predicted molar refractivity (Wildman–Crippen MR) is 68.9 cm³/mol. The van der Waals surface area contributed by atoms with Gasteiger partial charge in [0.05, 0.1) is 3.23 Å². The fourth-order valence-corrected chi connectivity index (χ4v) is 1.90. The third-order valence-corrected chi connectivity index (χ3v) is 4.33. The minimum Gasteiger partial charge on any atom is -0.0727 e. The van der Waals surface area contributed by atoms with Crippen molar-refractivity contribution in [3.8, 4) is 0 Å². The van der Waals surface area contributed by atoms with E-state index in [9.17, 15) is 0 Å². The van der Waals surface area contributed by atoms with Crippen molar-refractivity contribution in [2.24, 2.45) is 0 Å². The Labute approximate surface area is 100 Å². The Morgan fingerprint density at radius 1 is 0.846 bits per heavy atom. The molecule has 0 spiro atoms. The summed E-state index contributed by atoms with van der Waals surface area (Å²) in [6, 6.07) is 0. The van der Waals surface area contributed by atoms with Crippen LogP contribution in [-0.4, -0.2) is 3.23 Å². The molecule has 0 saturated carbocycles. The SMILES string of the molecule is CCCCCCCCC(Br)(Br)CC. The second kappa shape index (κ2) is 8.28. The normalized spacial score (nSPS) is 12.0. The highest BCUT2D eigenvalue weighted by Gasteiger charge is 2.18. The summed E-state index contributed by atoms with van der Waals surface area (Å²) in [6.07, 6.45) is 10.7. The van der Waals surface area contributed by atoms with Gasteiger partial charge in [-0.1, -0.05) is 84.2 Å². The molecule has 0 nitrogen and oxygen atoms in total. The fraction of sp³-hybridized carbons (Fsp3) is 1.00. The number of hydrogen-bond donors (Lipinski definition) is 0. The third-order valence-electron chi connectivity index (χ3n) is 2.41. The van der Waals surface area contributed by atoms with Crippen LogP contribution in [-0.2, 0) is 0 Å². The van der Waals surface area contributed by atoms with Gasteiger partial charge < -0.3 is 0 Å². The van der Waals surface area contributed by atoms with E-state index in [4.69, 9.17) is 0 Å². The molecule has 0 fully saturated rings. The van der Waals surface area contributed by atoms with Crippen LogP contribution in [0.1, 0.15) is 65.2 Å². The second-order valence-corrected chi connectivity index (χ2v) is 7.83. The van der Waals surface area contributed by atoms with E-state index in [1.165, 1.54) is 44.9 Å². The van der Waals surface area contributed by atoms with Crippen molar-refractivity contribution >= 4 is 31.9 Å². The lowest BCUT2D eigenvalue weighted by atomic mass is 10.1. The summed E-state index contributed by atoms with van der Waals surface area (Å²) in [7, 11) is 0. The molecule has 0 N–H and O–H groups in total. The molecule has 0 unspecified atom stereocenters. The van der Waals surface area contributed by atoms with Gasteiger partial charge in [-0.3, -0.25) is 0 Å². The highest BCUT2D eigenvalue weighted by atomic mass is 79.9. The molecule has 0 aliphatic rings. The molecule has 2 heteroatoms. The van der Waals surface area contributed by atoms with Crippen LogP contribution >= 0.6 is 31.9 Å². The molecule has 0 aliphatic heterocycles. The van der Waals surface area contributed by atoms with E-state index < -0.39 is 0 Å². The first-order valence-electron chi connectivity index (χ1n) is 5.50. The van der Waals surface area contributed by atoms with Crippen LogP contribution in [0.5, 0.6) is 0 Å². The van der Waals surface area contributed by atoms with Crippen LogP contribution < -0.4 is 0 Å². The first-order valence-corrected chi connectivity index (χ1v) is 7.09. The van der Waals surface area contributed by atoms with E-state index in [0.717, 1.165) is 6.42 Å². The van der Waals surface area contributed by atoms with Crippen molar-refractivity contribution < 1.29 is 0 Å². The highest BCUT2D eigenvalue weighted by molar-refractivity contribution is 9.25. The molecule has 0 aromatic rings. The number of unbranched alkanes of at least 4 members (excludes halogenated alkanes) is 5. The van der Waals surface area contributed by atoms with Gasteiger partial charge in [0.25, 0.3) is 0 Å². The summed E-state index contributed by atoms with van der Waals surface area (Å²) in [5, 5.41) is 0. The predicted octanol–water partition coefficient (Wildman–Crippen LogP) is 5.63. The van der Waals surface area contributed by atoms with Crippen molar-refractivity contribution in [3.63, 3.8) is 0 Å². The van der Waals surface area contributed by atoms with Gasteiger partial charge in [0.15, 0.2) is 0 Å². The number of hydrogen-bond acceptors (Lipinski definition) is 0. The summed E-state index contributed by atoms with van der Waals surface area (Å²) in [4.78, 5) is 0. The van der Waals surface area contributed by atoms with Crippen molar-refractivity contribution in [1.29, 1.82) is 0 Å². The van der Waals surface area contributed by atoms with Gasteiger partial charge in [0.1, 0.15) is 0 Å². The zero-order chi connectivity index (χ0) is 10.2. The molecule has 80 valence electrons. The average Bonchev–Trinajstić information content (AvgIpc) is 2.11. The maximum absolute atomic E-state index is 3.68. The quantitative estimate of drug-likeness (QED) is 0.402. The maximum atomic E-state index is 3.68. The van der Waals surface area contributed by atoms with Crippen LogP contribution in [0.4, 0.5) is 0 Å². The Bertz CT molecular complexity index is 111. The van der Waals surface area contributed by atoms with Crippen molar-refractivity contribution in [1.82, 2.24) is 0 Å². The van der Waals surface area contributed by atoms with Gasteiger partial charge in [0.2, 0.25) is 0 Å². The summed E-state index contributed by atoms with van der Waals surface area (Å²) in [5.41, 5.74) is 0.